The minimum Gasteiger partial charge on any atom is -0.481 e. The van der Waals surface area contributed by atoms with Crippen molar-refractivity contribution in [3.05, 3.63) is 29.8 Å². The zero-order valence-electron chi connectivity index (χ0n) is 10.9. The number of aliphatic carboxylic acids is 1. The zero-order chi connectivity index (χ0) is 15.3. The molecule has 3 N–H and O–H groups in total. The highest BCUT2D eigenvalue weighted by Gasteiger charge is 2.21. The van der Waals surface area contributed by atoms with Gasteiger partial charge in [0.25, 0.3) is 0 Å². The van der Waals surface area contributed by atoms with Crippen LogP contribution in [0.1, 0.15) is 12.0 Å². The molecular weight excluding hydrogens is 284 g/mol. The Morgan fingerprint density at radius 1 is 1.25 bits per heavy atom. The summed E-state index contributed by atoms with van der Waals surface area (Å²) < 4.78 is 25.0. The number of carbonyl (C=O) groups excluding carboxylic acids is 1. The number of nitrogens with zero attached hydrogens (tertiary/aromatic N) is 1. The van der Waals surface area contributed by atoms with E-state index in [1.54, 1.807) is 12.1 Å². The van der Waals surface area contributed by atoms with E-state index in [2.05, 4.69) is 0 Å². The van der Waals surface area contributed by atoms with Crippen LogP contribution in [0.25, 0.3) is 0 Å². The van der Waals surface area contributed by atoms with Gasteiger partial charge in [0.15, 0.2) is 0 Å². The average Bonchev–Trinajstić information content (AvgIpc) is 2.36. The molecule has 1 aromatic rings. The van der Waals surface area contributed by atoms with Gasteiger partial charge in [0.2, 0.25) is 15.9 Å². The number of primary amides is 1. The molecule has 0 atom stereocenters. The SMILES string of the molecule is CN(CC(N)=O)S(=O)(=O)c1ccc(CCC(=O)O)cc1. The van der Waals surface area contributed by atoms with Gasteiger partial charge in [-0.1, -0.05) is 12.1 Å². The lowest BCUT2D eigenvalue weighted by Crippen LogP contribution is -2.35. The summed E-state index contributed by atoms with van der Waals surface area (Å²) in [4.78, 5) is 21.2. The van der Waals surface area contributed by atoms with Crippen molar-refractivity contribution >= 4 is 21.9 Å². The van der Waals surface area contributed by atoms with Gasteiger partial charge >= 0.3 is 5.97 Å². The van der Waals surface area contributed by atoms with Crippen LogP contribution < -0.4 is 5.73 Å². The highest BCUT2D eigenvalue weighted by atomic mass is 32.2. The lowest BCUT2D eigenvalue weighted by atomic mass is 10.1. The molecule has 0 fully saturated rings. The number of amides is 1. The van der Waals surface area contributed by atoms with Gasteiger partial charge in [0.1, 0.15) is 0 Å². The molecule has 0 heterocycles. The van der Waals surface area contributed by atoms with Gasteiger partial charge in [0.05, 0.1) is 11.4 Å². The van der Waals surface area contributed by atoms with Crippen LogP contribution in [0.5, 0.6) is 0 Å². The van der Waals surface area contributed by atoms with E-state index in [0.717, 1.165) is 9.87 Å². The van der Waals surface area contributed by atoms with Crippen molar-refractivity contribution in [2.45, 2.75) is 17.7 Å². The zero-order valence-corrected chi connectivity index (χ0v) is 11.8. The molecule has 1 amide bonds. The standard InChI is InChI=1S/C12H16N2O5S/c1-14(8-11(13)15)20(18,19)10-5-2-9(3-6-10)4-7-12(16)17/h2-3,5-6H,4,7-8H2,1H3,(H2,13,15)(H,16,17). The minimum absolute atomic E-state index is 0.0202. The maximum atomic E-state index is 12.1. The highest BCUT2D eigenvalue weighted by molar-refractivity contribution is 7.89. The van der Waals surface area contributed by atoms with Crippen LogP contribution in [-0.2, 0) is 26.0 Å². The molecule has 0 aliphatic heterocycles. The number of benzene rings is 1. The number of carboxylic acids is 1. The summed E-state index contributed by atoms with van der Waals surface area (Å²) in [6.07, 6.45) is 0.306. The fraction of sp³-hybridized carbons (Fsp3) is 0.333. The quantitative estimate of drug-likeness (QED) is 0.723. The van der Waals surface area contributed by atoms with Crippen molar-refractivity contribution < 1.29 is 23.1 Å². The number of hydrogen-bond donors (Lipinski definition) is 2. The van der Waals surface area contributed by atoms with Gasteiger partial charge in [0, 0.05) is 13.5 Å². The Labute approximate surface area is 117 Å². The smallest absolute Gasteiger partial charge is 0.303 e. The summed E-state index contributed by atoms with van der Waals surface area (Å²) in [6, 6.07) is 5.86. The third-order valence-electron chi connectivity index (χ3n) is 2.64. The molecule has 0 bridgehead atoms. The summed E-state index contributed by atoms with van der Waals surface area (Å²) in [5.74, 6) is -1.66. The van der Waals surface area contributed by atoms with Gasteiger partial charge in [-0.15, -0.1) is 0 Å². The Kier molecular flexibility index (Phi) is 5.23. The van der Waals surface area contributed by atoms with E-state index in [-0.39, 0.29) is 11.3 Å². The van der Waals surface area contributed by atoms with Crippen molar-refractivity contribution in [1.29, 1.82) is 0 Å². The molecule has 20 heavy (non-hydrogen) atoms. The summed E-state index contributed by atoms with van der Waals surface area (Å²) in [5.41, 5.74) is 5.69. The number of sulfonamides is 1. The lowest BCUT2D eigenvalue weighted by Gasteiger charge is -2.15. The van der Waals surface area contributed by atoms with Crippen molar-refractivity contribution in [2.24, 2.45) is 5.73 Å². The van der Waals surface area contributed by atoms with E-state index >= 15 is 0 Å². The number of carbonyl (C=O) groups is 2. The largest absolute Gasteiger partial charge is 0.481 e. The molecule has 7 nitrogen and oxygen atoms in total. The summed E-state index contributed by atoms with van der Waals surface area (Å²) in [6.45, 7) is -0.400. The fourth-order valence-electron chi connectivity index (χ4n) is 1.56. The number of likely N-dealkylation sites (N-methyl/N-ethyl adjacent to an activating group) is 1. The maximum Gasteiger partial charge on any atom is 0.303 e. The van der Waals surface area contributed by atoms with E-state index in [1.165, 1.54) is 19.2 Å². The summed E-state index contributed by atoms with van der Waals surface area (Å²) >= 11 is 0. The molecule has 0 unspecified atom stereocenters. The number of hydrogen-bond acceptors (Lipinski definition) is 4. The fourth-order valence-corrected chi connectivity index (χ4v) is 2.70. The van der Waals surface area contributed by atoms with Crippen LogP contribution in [0.4, 0.5) is 0 Å². The number of nitrogens with two attached hydrogens (primary N) is 1. The third-order valence-corrected chi connectivity index (χ3v) is 4.46. The normalized spacial score (nSPS) is 11.5. The van der Waals surface area contributed by atoms with Gasteiger partial charge in [-0.3, -0.25) is 9.59 Å². The first-order valence-corrected chi connectivity index (χ1v) is 7.23. The van der Waals surface area contributed by atoms with Crippen molar-refractivity contribution in [2.75, 3.05) is 13.6 Å². The highest BCUT2D eigenvalue weighted by Crippen LogP contribution is 2.15. The number of carboxylic acid groups (broad SMARTS) is 1. The van der Waals surface area contributed by atoms with Crippen LogP contribution in [-0.4, -0.2) is 43.3 Å². The first-order chi connectivity index (χ1) is 9.23. The van der Waals surface area contributed by atoms with Crippen LogP contribution in [0.15, 0.2) is 29.2 Å². The number of aryl methyl sites for hydroxylation is 1. The van der Waals surface area contributed by atoms with Crippen LogP contribution >= 0.6 is 0 Å². The topological polar surface area (TPSA) is 118 Å². The third kappa shape index (κ3) is 4.32. The molecule has 0 aliphatic carbocycles. The molecule has 0 radical (unpaired) electrons. The molecule has 0 spiro atoms. The summed E-state index contributed by atoms with van der Waals surface area (Å²) in [5, 5.41) is 8.57. The molecule has 8 heteroatoms. The lowest BCUT2D eigenvalue weighted by molar-refractivity contribution is -0.137. The van der Waals surface area contributed by atoms with Crippen molar-refractivity contribution in [1.82, 2.24) is 4.31 Å². The van der Waals surface area contributed by atoms with E-state index < -0.39 is 28.4 Å². The molecule has 0 aliphatic rings. The molecule has 1 rings (SSSR count). The van der Waals surface area contributed by atoms with Crippen molar-refractivity contribution in [3.63, 3.8) is 0 Å². The number of rotatable bonds is 7. The Balaban J connectivity index is 2.86. The van der Waals surface area contributed by atoms with Crippen LogP contribution in [0.2, 0.25) is 0 Å². The molecule has 0 saturated heterocycles. The monoisotopic (exact) mass is 300 g/mol. The second-order valence-corrected chi connectivity index (χ2v) is 6.31. The molecule has 110 valence electrons. The Morgan fingerprint density at radius 3 is 2.25 bits per heavy atom. The Hall–Kier alpha value is -1.93. The van der Waals surface area contributed by atoms with Gasteiger partial charge in [-0.05, 0) is 24.1 Å². The van der Waals surface area contributed by atoms with E-state index in [4.69, 9.17) is 10.8 Å². The Morgan fingerprint density at radius 2 is 1.80 bits per heavy atom. The second-order valence-electron chi connectivity index (χ2n) is 4.27. The maximum absolute atomic E-state index is 12.1. The van der Waals surface area contributed by atoms with Crippen LogP contribution in [0, 0.1) is 0 Å². The van der Waals surface area contributed by atoms with Gasteiger partial charge < -0.3 is 10.8 Å². The predicted molar refractivity (Wildman–Crippen MR) is 71.4 cm³/mol. The van der Waals surface area contributed by atoms with Gasteiger partial charge in [-0.25, -0.2) is 8.42 Å². The molecular formula is C12H16N2O5S. The van der Waals surface area contributed by atoms with Crippen molar-refractivity contribution in [3.8, 4) is 0 Å². The van der Waals surface area contributed by atoms with E-state index in [1.807, 2.05) is 0 Å². The Bertz CT molecular complexity index is 595. The first-order valence-electron chi connectivity index (χ1n) is 5.79. The minimum atomic E-state index is -3.77. The van der Waals surface area contributed by atoms with Crippen LogP contribution in [0.3, 0.4) is 0 Å². The average molecular weight is 300 g/mol. The molecule has 0 aromatic heterocycles. The predicted octanol–water partition coefficient (Wildman–Crippen LogP) is -0.190. The first kappa shape index (κ1) is 16.1. The molecule has 1 aromatic carbocycles. The second kappa shape index (κ2) is 6.49. The summed E-state index contributed by atoms with van der Waals surface area (Å²) in [7, 11) is -2.50. The molecule has 0 saturated carbocycles. The van der Waals surface area contributed by atoms with Gasteiger partial charge in [-0.2, -0.15) is 4.31 Å². The van der Waals surface area contributed by atoms with E-state index in [0.29, 0.717) is 6.42 Å². The van der Waals surface area contributed by atoms with E-state index in [9.17, 15) is 18.0 Å².